The lowest BCUT2D eigenvalue weighted by molar-refractivity contribution is -0.113. The molecule has 140 valence electrons. The molecule has 0 aliphatic heterocycles. The Morgan fingerprint density at radius 1 is 1.26 bits per heavy atom. The minimum absolute atomic E-state index is 0.0464. The summed E-state index contributed by atoms with van der Waals surface area (Å²) >= 11 is 4.48. The molecule has 0 radical (unpaired) electrons. The van der Waals surface area contributed by atoms with Crippen molar-refractivity contribution in [2.45, 2.75) is 11.8 Å². The fraction of sp³-hybridized carbons (Fsp3) is 0.118. The van der Waals surface area contributed by atoms with Gasteiger partial charge in [-0.3, -0.25) is 4.79 Å². The van der Waals surface area contributed by atoms with Gasteiger partial charge in [-0.15, -0.1) is 10.2 Å². The molecule has 2 aromatic carbocycles. The van der Waals surface area contributed by atoms with Crippen molar-refractivity contribution < 1.29 is 13.9 Å². The Morgan fingerprint density at radius 3 is 2.85 bits per heavy atom. The minimum Gasteiger partial charge on any atom is -0.482 e. The number of carbonyl (C=O) groups is 1. The third-order valence-electron chi connectivity index (χ3n) is 3.37. The van der Waals surface area contributed by atoms with Crippen molar-refractivity contribution in [1.82, 2.24) is 14.9 Å². The van der Waals surface area contributed by atoms with Crippen LogP contribution in [0.15, 0.2) is 58.2 Å². The molecular weight excluding hydrogens is 437 g/mol. The van der Waals surface area contributed by atoms with Crippen molar-refractivity contribution in [3.8, 4) is 5.75 Å². The van der Waals surface area contributed by atoms with E-state index in [1.165, 1.54) is 16.8 Å². The molecule has 3 rings (SSSR count). The highest BCUT2D eigenvalue weighted by molar-refractivity contribution is 9.10. The first-order valence-corrected chi connectivity index (χ1v) is 9.55. The van der Waals surface area contributed by atoms with E-state index in [0.717, 1.165) is 16.2 Å². The Labute approximate surface area is 167 Å². The number of hydrogen-bond donors (Lipinski definition) is 2. The van der Waals surface area contributed by atoms with Gasteiger partial charge in [0.1, 0.15) is 6.61 Å². The maximum Gasteiger partial charge on any atom is 0.234 e. The molecule has 0 atom stereocenters. The molecule has 3 N–H and O–H groups in total. The van der Waals surface area contributed by atoms with Gasteiger partial charge in [0, 0.05) is 10.2 Å². The van der Waals surface area contributed by atoms with Gasteiger partial charge < -0.3 is 15.9 Å². The summed E-state index contributed by atoms with van der Waals surface area (Å²) < 4.78 is 21.0. The highest BCUT2D eigenvalue weighted by Gasteiger charge is 2.14. The van der Waals surface area contributed by atoms with Crippen LogP contribution in [-0.2, 0) is 11.4 Å². The zero-order valence-corrected chi connectivity index (χ0v) is 16.3. The lowest BCUT2D eigenvalue weighted by Crippen LogP contribution is -2.18. The van der Waals surface area contributed by atoms with E-state index in [2.05, 4.69) is 31.4 Å². The number of aromatic nitrogens is 3. The summed E-state index contributed by atoms with van der Waals surface area (Å²) in [4.78, 5) is 12.1. The van der Waals surface area contributed by atoms with Crippen LogP contribution in [0.1, 0.15) is 5.82 Å². The van der Waals surface area contributed by atoms with Crippen molar-refractivity contribution >= 4 is 39.3 Å². The second-order valence-corrected chi connectivity index (χ2v) is 7.19. The number of carbonyl (C=O) groups excluding carboxylic acids is 1. The van der Waals surface area contributed by atoms with Gasteiger partial charge in [0.15, 0.2) is 17.4 Å². The average molecular weight is 452 g/mol. The molecule has 0 unspecified atom stereocenters. The predicted octanol–water partition coefficient (Wildman–Crippen LogP) is 3.20. The molecule has 0 saturated heterocycles. The Kier molecular flexibility index (Phi) is 6.30. The Balaban J connectivity index is 1.54. The quantitative estimate of drug-likeness (QED) is 0.423. The Bertz CT molecular complexity index is 953. The van der Waals surface area contributed by atoms with Crippen LogP contribution in [0.2, 0.25) is 0 Å². The maximum atomic E-state index is 13.6. The van der Waals surface area contributed by atoms with Gasteiger partial charge >= 0.3 is 0 Å². The smallest absolute Gasteiger partial charge is 0.234 e. The molecule has 1 aromatic heterocycles. The summed E-state index contributed by atoms with van der Waals surface area (Å²) in [7, 11) is 0. The third kappa shape index (κ3) is 5.20. The number of ether oxygens (including phenoxy) is 1. The molecule has 1 amide bonds. The number of nitrogens with two attached hydrogens (primary N) is 1. The normalized spacial score (nSPS) is 10.6. The number of para-hydroxylation sites is 1. The van der Waals surface area contributed by atoms with Crippen LogP contribution in [0.4, 0.5) is 10.1 Å². The molecule has 1 heterocycles. The second kappa shape index (κ2) is 8.87. The van der Waals surface area contributed by atoms with E-state index in [9.17, 15) is 9.18 Å². The Hall–Kier alpha value is -2.59. The van der Waals surface area contributed by atoms with Crippen LogP contribution >= 0.6 is 27.7 Å². The number of anilines is 1. The predicted molar refractivity (Wildman–Crippen MR) is 104 cm³/mol. The summed E-state index contributed by atoms with van der Waals surface area (Å²) in [6, 6.07) is 13.3. The van der Waals surface area contributed by atoms with Crippen LogP contribution in [-0.4, -0.2) is 26.5 Å². The van der Waals surface area contributed by atoms with Crippen molar-refractivity contribution in [3.63, 3.8) is 0 Å². The van der Waals surface area contributed by atoms with E-state index < -0.39 is 5.82 Å². The number of halogens is 2. The molecule has 0 spiro atoms. The summed E-state index contributed by atoms with van der Waals surface area (Å²) in [6.45, 7) is -0.0464. The van der Waals surface area contributed by atoms with E-state index in [0.29, 0.717) is 16.7 Å². The average Bonchev–Trinajstić information content (AvgIpc) is 2.99. The van der Waals surface area contributed by atoms with Crippen LogP contribution in [0, 0.1) is 5.82 Å². The van der Waals surface area contributed by atoms with E-state index in [1.54, 1.807) is 24.3 Å². The number of hydrogen-bond acceptors (Lipinski definition) is 6. The van der Waals surface area contributed by atoms with Gasteiger partial charge in [-0.25, -0.2) is 9.07 Å². The van der Waals surface area contributed by atoms with E-state index in [-0.39, 0.29) is 24.0 Å². The molecule has 27 heavy (non-hydrogen) atoms. The number of nitrogens with one attached hydrogen (secondary N) is 1. The molecule has 0 bridgehead atoms. The van der Waals surface area contributed by atoms with Gasteiger partial charge in [-0.2, -0.15) is 0 Å². The first-order valence-electron chi connectivity index (χ1n) is 7.78. The van der Waals surface area contributed by atoms with Crippen molar-refractivity contribution in [1.29, 1.82) is 0 Å². The number of benzene rings is 2. The summed E-state index contributed by atoms with van der Waals surface area (Å²) in [6.07, 6.45) is 0. The SMILES string of the molecule is Nn1c(COc2ccccc2F)nnc1SCC(=O)Nc1cccc(Br)c1. The molecular formula is C17H15BrFN5O2S. The van der Waals surface area contributed by atoms with E-state index in [1.807, 2.05) is 12.1 Å². The van der Waals surface area contributed by atoms with Gasteiger partial charge in [0.2, 0.25) is 11.1 Å². The van der Waals surface area contributed by atoms with Crippen molar-refractivity contribution in [2.24, 2.45) is 0 Å². The first-order chi connectivity index (χ1) is 13.0. The van der Waals surface area contributed by atoms with Crippen LogP contribution in [0.3, 0.4) is 0 Å². The molecule has 7 nitrogen and oxygen atoms in total. The van der Waals surface area contributed by atoms with Crippen molar-refractivity contribution in [2.75, 3.05) is 16.9 Å². The number of rotatable bonds is 7. The fourth-order valence-corrected chi connectivity index (χ4v) is 3.18. The van der Waals surface area contributed by atoms with Crippen LogP contribution < -0.4 is 15.9 Å². The molecule has 0 fully saturated rings. The highest BCUT2D eigenvalue weighted by Crippen LogP contribution is 2.20. The lowest BCUT2D eigenvalue weighted by Gasteiger charge is -2.07. The van der Waals surface area contributed by atoms with Gasteiger partial charge in [-0.1, -0.05) is 45.9 Å². The van der Waals surface area contributed by atoms with E-state index in [4.69, 9.17) is 10.6 Å². The van der Waals surface area contributed by atoms with E-state index >= 15 is 0 Å². The van der Waals surface area contributed by atoms with Gasteiger partial charge in [0.25, 0.3) is 0 Å². The maximum absolute atomic E-state index is 13.6. The topological polar surface area (TPSA) is 95.1 Å². The summed E-state index contributed by atoms with van der Waals surface area (Å²) in [5.41, 5.74) is 0.683. The van der Waals surface area contributed by atoms with Crippen molar-refractivity contribution in [3.05, 3.63) is 64.6 Å². The molecule has 10 heteroatoms. The molecule has 0 aliphatic carbocycles. The van der Waals surface area contributed by atoms with Gasteiger partial charge in [0.05, 0.1) is 5.75 Å². The highest BCUT2D eigenvalue weighted by atomic mass is 79.9. The monoisotopic (exact) mass is 451 g/mol. The summed E-state index contributed by atoms with van der Waals surface area (Å²) in [5, 5.41) is 11.0. The van der Waals surface area contributed by atoms with Gasteiger partial charge in [-0.05, 0) is 30.3 Å². The number of nitrogens with zero attached hydrogens (tertiary/aromatic N) is 3. The number of nitrogen functional groups attached to an aromatic ring is 1. The Morgan fingerprint density at radius 2 is 2.07 bits per heavy atom. The largest absolute Gasteiger partial charge is 0.482 e. The first kappa shape index (κ1) is 19.2. The third-order valence-corrected chi connectivity index (χ3v) is 4.81. The molecule has 0 saturated carbocycles. The minimum atomic E-state index is -0.473. The standard InChI is InChI=1S/C17H15BrFN5O2S/c18-11-4-3-5-12(8-11)21-16(25)10-27-17-23-22-15(24(17)20)9-26-14-7-2-1-6-13(14)19/h1-8H,9-10,20H2,(H,21,25). The molecule has 0 aliphatic rings. The molecule has 3 aromatic rings. The lowest BCUT2D eigenvalue weighted by atomic mass is 10.3. The zero-order chi connectivity index (χ0) is 19.2. The fourth-order valence-electron chi connectivity index (χ4n) is 2.10. The second-order valence-electron chi connectivity index (χ2n) is 5.34. The number of thioether (sulfide) groups is 1. The van der Waals surface area contributed by atoms with Crippen LogP contribution in [0.5, 0.6) is 5.75 Å². The zero-order valence-electron chi connectivity index (χ0n) is 13.9. The summed E-state index contributed by atoms with van der Waals surface area (Å²) in [5.74, 6) is 5.77. The number of amides is 1. The van der Waals surface area contributed by atoms with Crippen LogP contribution in [0.25, 0.3) is 0 Å².